The van der Waals surface area contributed by atoms with Crippen LogP contribution in [0.1, 0.15) is 0 Å². The van der Waals surface area contributed by atoms with Crippen molar-refractivity contribution in [3.05, 3.63) is 176 Å². The molecule has 0 saturated heterocycles. The molecule has 0 atom stereocenters. The molecule has 0 N–H and O–H groups in total. The number of fused-ring (bicyclic) bond motifs is 7. The molecule has 49 heavy (non-hydrogen) atoms. The van der Waals surface area contributed by atoms with Crippen LogP contribution >= 0.6 is 0 Å². The third-order valence-electron chi connectivity index (χ3n) is 9.68. The molecule has 1 heterocycles. The molecule has 9 aromatic rings. The molecular weight excluding hydrogens is 599 g/mol. The van der Waals surface area contributed by atoms with Crippen molar-refractivity contribution >= 4 is 60.2 Å². The summed E-state index contributed by atoms with van der Waals surface area (Å²) in [5, 5.41) is 9.46. The summed E-state index contributed by atoms with van der Waals surface area (Å²) in [6, 6.07) is 61.9. The van der Waals surface area contributed by atoms with E-state index in [4.69, 9.17) is 9.47 Å². The fourth-order valence-corrected chi connectivity index (χ4v) is 7.43. The van der Waals surface area contributed by atoms with E-state index in [9.17, 15) is 0 Å². The topological polar surface area (TPSA) is 21.7 Å². The van der Waals surface area contributed by atoms with E-state index in [0.717, 1.165) is 44.9 Å². The van der Waals surface area contributed by atoms with E-state index >= 15 is 0 Å². The molecule has 0 spiro atoms. The van der Waals surface area contributed by atoms with Crippen molar-refractivity contribution in [1.82, 2.24) is 0 Å². The second-order valence-corrected chi connectivity index (χ2v) is 12.5. The van der Waals surface area contributed by atoms with Crippen molar-refractivity contribution < 1.29 is 9.47 Å². The predicted molar refractivity (Wildman–Crippen MR) is 203 cm³/mol. The Morgan fingerprint density at radius 1 is 0.347 bits per heavy atom. The van der Waals surface area contributed by atoms with Crippen molar-refractivity contribution in [2.45, 2.75) is 0 Å². The molecule has 0 aromatic heterocycles. The van der Waals surface area contributed by atoms with Gasteiger partial charge in [0.15, 0.2) is 11.5 Å². The molecular formula is C46H29NO2. The smallest absolute Gasteiger partial charge is 0.193 e. The fraction of sp³-hybridized carbons (Fsp3) is 0. The molecule has 0 unspecified atom stereocenters. The van der Waals surface area contributed by atoms with Gasteiger partial charge < -0.3 is 14.4 Å². The molecule has 0 radical (unpaired) electrons. The van der Waals surface area contributed by atoms with Crippen LogP contribution in [0.15, 0.2) is 176 Å². The molecule has 1 aliphatic rings. The van der Waals surface area contributed by atoms with Gasteiger partial charge in [-0.1, -0.05) is 127 Å². The predicted octanol–water partition coefficient (Wildman–Crippen LogP) is 13.3. The summed E-state index contributed by atoms with van der Waals surface area (Å²) in [7, 11) is 0. The second kappa shape index (κ2) is 11.0. The van der Waals surface area contributed by atoms with Crippen LogP contribution in [0.4, 0.5) is 17.1 Å². The zero-order chi connectivity index (χ0) is 32.3. The van der Waals surface area contributed by atoms with Gasteiger partial charge in [-0.2, -0.15) is 0 Å². The highest BCUT2D eigenvalue weighted by Crippen LogP contribution is 2.52. The number of hydrogen-bond donors (Lipinski definition) is 0. The van der Waals surface area contributed by atoms with E-state index in [2.05, 4.69) is 138 Å². The van der Waals surface area contributed by atoms with Gasteiger partial charge in [0, 0.05) is 11.4 Å². The maximum atomic E-state index is 6.87. The zero-order valence-electron chi connectivity index (χ0n) is 26.5. The van der Waals surface area contributed by atoms with Gasteiger partial charge in [0.2, 0.25) is 0 Å². The summed E-state index contributed by atoms with van der Waals surface area (Å²) in [4.78, 5) is 2.29. The van der Waals surface area contributed by atoms with E-state index in [1.54, 1.807) is 0 Å². The Kier molecular flexibility index (Phi) is 6.18. The Balaban J connectivity index is 1.22. The fourth-order valence-electron chi connectivity index (χ4n) is 7.43. The molecule has 1 aliphatic heterocycles. The lowest BCUT2D eigenvalue weighted by atomic mass is 9.94. The minimum absolute atomic E-state index is 0.668. The maximum absolute atomic E-state index is 6.87. The normalized spacial score (nSPS) is 12.0. The highest BCUT2D eigenvalue weighted by molar-refractivity contribution is 6.25. The van der Waals surface area contributed by atoms with Crippen LogP contribution in [-0.2, 0) is 0 Å². The maximum Gasteiger partial charge on any atom is 0.193 e. The van der Waals surface area contributed by atoms with Gasteiger partial charge in [0.1, 0.15) is 11.5 Å². The van der Waals surface area contributed by atoms with Crippen LogP contribution in [-0.4, -0.2) is 0 Å². The van der Waals surface area contributed by atoms with E-state index in [1.807, 2.05) is 42.5 Å². The van der Waals surface area contributed by atoms with Crippen molar-refractivity contribution in [3.8, 4) is 34.1 Å². The molecule has 3 nitrogen and oxygen atoms in total. The Labute approximate surface area is 283 Å². The standard InChI is InChI=1S/C46H29NO2/c1-2-11-30(12-3-1)31-23-25-33(26-24-31)47(34-27-28-39-37-17-5-4-15-35(37)36-16-6-7-18-38(36)40(39)29-34)41-19-10-22-44-46(41)49-43-21-9-14-32-13-8-20-42(48-44)45(32)43/h1-29H. The van der Waals surface area contributed by atoms with Crippen LogP contribution in [0, 0.1) is 0 Å². The first-order valence-corrected chi connectivity index (χ1v) is 16.6. The van der Waals surface area contributed by atoms with E-state index in [0.29, 0.717) is 11.5 Å². The zero-order valence-corrected chi connectivity index (χ0v) is 26.5. The monoisotopic (exact) mass is 627 g/mol. The van der Waals surface area contributed by atoms with Gasteiger partial charge in [-0.05, 0) is 97.4 Å². The summed E-state index contributed by atoms with van der Waals surface area (Å²) in [5.41, 5.74) is 5.27. The number of nitrogens with zero attached hydrogens (tertiary/aromatic N) is 1. The third-order valence-corrected chi connectivity index (χ3v) is 9.68. The Hall–Kier alpha value is -6.58. The number of rotatable bonds is 4. The van der Waals surface area contributed by atoms with Crippen LogP contribution in [0.25, 0.3) is 54.2 Å². The van der Waals surface area contributed by atoms with Gasteiger partial charge >= 0.3 is 0 Å². The molecule has 3 heteroatoms. The van der Waals surface area contributed by atoms with Gasteiger partial charge in [0.05, 0.1) is 11.1 Å². The summed E-state index contributed by atoms with van der Waals surface area (Å²) in [6.45, 7) is 0. The lowest BCUT2D eigenvalue weighted by molar-refractivity contribution is 0.440. The largest absolute Gasteiger partial charge is 0.453 e. The summed E-state index contributed by atoms with van der Waals surface area (Å²) >= 11 is 0. The molecule has 9 aromatic carbocycles. The van der Waals surface area contributed by atoms with Crippen molar-refractivity contribution in [2.75, 3.05) is 4.90 Å². The Morgan fingerprint density at radius 2 is 0.878 bits per heavy atom. The minimum atomic E-state index is 0.668. The van der Waals surface area contributed by atoms with Gasteiger partial charge in [0.25, 0.3) is 0 Å². The van der Waals surface area contributed by atoms with Gasteiger partial charge in [-0.15, -0.1) is 0 Å². The Morgan fingerprint density at radius 3 is 1.57 bits per heavy atom. The lowest BCUT2D eigenvalue weighted by Gasteiger charge is -2.28. The minimum Gasteiger partial charge on any atom is -0.453 e. The van der Waals surface area contributed by atoms with Gasteiger partial charge in [-0.3, -0.25) is 0 Å². The highest BCUT2D eigenvalue weighted by atomic mass is 16.5. The molecule has 0 bridgehead atoms. The summed E-state index contributed by atoms with van der Waals surface area (Å²) < 4.78 is 13.5. The number of para-hydroxylation sites is 1. The Bertz CT molecular complexity index is 2680. The molecule has 0 fully saturated rings. The van der Waals surface area contributed by atoms with E-state index in [-0.39, 0.29) is 0 Å². The number of hydrogen-bond acceptors (Lipinski definition) is 3. The second-order valence-electron chi connectivity index (χ2n) is 12.5. The number of ether oxygens (including phenoxy) is 2. The summed E-state index contributed by atoms with van der Waals surface area (Å²) in [6.07, 6.45) is 0. The van der Waals surface area contributed by atoms with E-state index < -0.39 is 0 Å². The van der Waals surface area contributed by atoms with Gasteiger partial charge in [-0.25, -0.2) is 0 Å². The average molecular weight is 628 g/mol. The van der Waals surface area contributed by atoms with Crippen LogP contribution in [0.3, 0.4) is 0 Å². The van der Waals surface area contributed by atoms with Crippen LogP contribution in [0.2, 0.25) is 0 Å². The number of benzene rings is 9. The van der Waals surface area contributed by atoms with Crippen molar-refractivity contribution in [1.29, 1.82) is 0 Å². The molecule has 10 rings (SSSR count). The van der Waals surface area contributed by atoms with Crippen LogP contribution in [0.5, 0.6) is 23.0 Å². The quantitative estimate of drug-likeness (QED) is 0.181. The first-order valence-electron chi connectivity index (χ1n) is 16.6. The van der Waals surface area contributed by atoms with Crippen molar-refractivity contribution in [2.24, 2.45) is 0 Å². The van der Waals surface area contributed by atoms with Crippen LogP contribution < -0.4 is 14.4 Å². The lowest BCUT2D eigenvalue weighted by Crippen LogP contribution is -2.11. The SMILES string of the molecule is c1ccc(-c2ccc(N(c3ccc4c5ccccc5c5ccccc5c4c3)c3cccc4c3Oc3cccc5cccc(c35)O4)cc2)cc1. The first kappa shape index (κ1) is 27.5. The number of anilines is 3. The summed E-state index contributed by atoms with van der Waals surface area (Å²) in [5.74, 6) is 2.90. The van der Waals surface area contributed by atoms with Crippen molar-refractivity contribution in [3.63, 3.8) is 0 Å². The molecule has 0 saturated carbocycles. The highest BCUT2D eigenvalue weighted by Gasteiger charge is 2.26. The van der Waals surface area contributed by atoms with E-state index in [1.165, 1.54) is 37.9 Å². The molecule has 0 aliphatic carbocycles. The average Bonchev–Trinajstić information content (AvgIpc) is 3.34. The molecule has 230 valence electrons. The molecule has 0 amide bonds. The third kappa shape index (κ3) is 4.44. The first-order chi connectivity index (χ1) is 24.3.